The Morgan fingerprint density at radius 2 is 1.94 bits per heavy atom. The number of hydrogen-bond donors (Lipinski definition) is 2. The SMILES string of the molecule is CCC(CN)(CCCS(=O)(=O)CC)C(=O)O. The summed E-state index contributed by atoms with van der Waals surface area (Å²) in [7, 11) is -3.02. The Balaban J connectivity index is 4.41. The third-order valence-corrected chi connectivity index (χ3v) is 4.86. The second-order valence-electron chi connectivity index (χ2n) is 3.98. The minimum atomic E-state index is -3.02. The Morgan fingerprint density at radius 3 is 2.25 bits per heavy atom. The summed E-state index contributed by atoms with van der Waals surface area (Å²) in [6.07, 6.45) is 1.09. The minimum Gasteiger partial charge on any atom is -0.481 e. The predicted molar refractivity (Wildman–Crippen MR) is 63.0 cm³/mol. The summed E-state index contributed by atoms with van der Waals surface area (Å²) in [6.45, 7) is 3.39. The Bertz CT molecular complexity index is 320. The van der Waals surface area contributed by atoms with Crippen LogP contribution in [0.4, 0.5) is 0 Å². The molecule has 0 aliphatic rings. The van der Waals surface area contributed by atoms with E-state index in [4.69, 9.17) is 10.8 Å². The highest BCUT2D eigenvalue weighted by Gasteiger charge is 2.34. The van der Waals surface area contributed by atoms with Gasteiger partial charge in [0.1, 0.15) is 9.84 Å². The topological polar surface area (TPSA) is 97.5 Å². The van der Waals surface area contributed by atoms with Crippen LogP contribution in [0.5, 0.6) is 0 Å². The zero-order valence-electron chi connectivity index (χ0n) is 9.90. The molecule has 0 aliphatic heterocycles. The van der Waals surface area contributed by atoms with Crippen LogP contribution in [-0.4, -0.2) is 37.5 Å². The summed E-state index contributed by atoms with van der Waals surface area (Å²) >= 11 is 0. The van der Waals surface area contributed by atoms with Crippen molar-refractivity contribution in [2.75, 3.05) is 18.1 Å². The van der Waals surface area contributed by atoms with E-state index in [1.807, 2.05) is 0 Å². The van der Waals surface area contributed by atoms with Gasteiger partial charge in [-0.2, -0.15) is 0 Å². The van der Waals surface area contributed by atoms with Crippen molar-refractivity contribution in [1.82, 2.24) is 0 Å². The molecule has 5 nitrogen and oxygen atoms in total. The van der Waals surface area contributed by atoms with Crippen molar-refractivity contribution in [1.29, 1.82) is 0 Å². The molecule has 0 fully saturated rings. The van der Waals surface area contributed by atoms with Crippen LogP contribution in [0.15, 0.2) is 0 Å². The lowest BCUT2D eigenvalue weighted by atomic mass is 9.81. The number of carbonyl (C=O) groups is 1. The van der Waals surface area contributed by atoms with Crippen molar-refractivity contribution in [2.45, 2.75) is 33.1 Å². The molecule has 0 saturated carbocycles. The normalized spacial score (nSPS) is 15.7. The van der Waals surface area contributed by atoms with Crippen molar-refractivity contribution in [3.63, 3.8) is 0 Å². The summed E-state index contributed by atoms with van der Waals surface area (Å²) in [5.74, 6) is -0.799. The van der Waals surface area contributed by atoms with E-state index in [-0.39, 0.29) is 18.1 Å². The van der Waals surface area contributed by atoms with Crippen molar-refractivity contribution in [3.05, 3.63) is 0 Å². The fourth-order valence-electron chi connectivity index (χ4n) is 1.54. The van der Waals surface area contributed by atoms with Crippen LogP contribution < -0.4 is 5.73 Å². The van der Waals surface area contributed by atoms with Crippen LogP contribution in [0.2, 0.25) is 0 Å². The number of hydrogen-bond acceptors (Lipinski definition) is 4. The lowest BCUT2D eigenvalue weighted by molar-refractivity contribution is -0.149. The van der Waals surface area contributed by atoms with Gasteiger partial charge in [-0.3, -0.25) is 4.79 Å². The van der Waals surface area contributed by atoms with E-state index in [2.05, 4.69) is 0 Å². The number of carboxylic acid groups (broad SMARTS) is 1. The minimum absolute atomic E-state index is 0.0402. The Labute approximate surface area is 96.9 Å². The third-order valence-electron chi connectivity index (χ3n) is 3.07. The van der Waals surface area contributed by atoms with Crippen LogP contribution in [0, 0.1) is 5.41 Å². The number of aliphatic carboxylic acids is 1. The van der Waals surface area contributed by atoms with E-state index in [0.717, 1.165) is 0 Å². The Hall–Kier alpha value is -0.620. The van der Waals surface area contributed by atoms with E-state index < -0.39 is 21.2 Å². The predicted octanol–water partition coefficient (Wildman–Crippen LogP) is 0.641. The van der Waals surface area contributed by atoms with Gasteiger partial charge in [0.2, 0.25) is 0 Å². The molecule has 0 bridgehead atoms. The second kappa shape index (κ2) is 6.20. The van der Waals surface area contributed by atoms with Crippen molar-refractivity contribution in [3.8, 4) is 0 Å². The zero-order valence-corrected chi connectivity index (χ0v) is 10.7. The van der Waals surface area contributed by atoms with Gasteiger partial charge in [0.15, 0.2) is 0 Å². The zero-order chi connectivity index (χ0) is 12.8. The number of nitrogens with two attached hydrogens (primary N) is 1. The van der Waals surface area contributed by atoms with E-state index in [0.29, 0.717) is 19.3 Å². The molecule has 0 radical (unpaired) electrons. The fraction of sp³-hybridized carbons (Fsp3) is 0.900. The standard InChI is InChI=1S/C10H21NO4S/c1-3-10(8-11,9(12)13)6-5-7-16(14,15)4-2/h3-8,11H2,1-2H3,(H,12,13). The van der Waals surface area contributed by atoms with Gasteiger partial charge in [-0.1, -0.05) is 13.8 Å². The molecule has 0 aromatic rings. The highest BCUT2D eigenvalue weighted by Crippen LogP contribution is 2.27. The molecule has 0 rings (SSSR count). The molecule has 0 aromatic heterocycles. The second-order valence-corrected chi connectivity index (χ2v) is 6.46. The van der Waals surface area contributed by atoms with E-state index in [1.165, 1.54) is 0 Å². The molecule has 0 aromatic carbocycles. The largest absolute Gasteiger partial charge is 0.481 e. The first-order valence-electron chi connectivity index (χ1n) is 5.47. The van der Waals surface area contributed by atoms with Crippen LogP contribution in [0.25, 0.3) is 0 Å². The summed E-state index contributed by atoms with van der Waals surface area (Å²) in [6, 6.07) is 0. The first-order chi connectivity index (χ1) is 7.33. The van der Waals surface area contributed by atoms with Gasteiger partial charge in [-0.25, -0.2) is 8.42 Å². The smallest absolute Gasteiger partial charge is 0.310 e. The molecule has 0 saturated heterocycles. The highest BCUT2D eigenvalue weighted by molar-refractivity contribution is 7.91. The number of rotatable bonds is 8. The maximum atomic E-state index is 11.3. The van der Waals surface area contributed by atoms with Crippen LogP contribution in [0.3, 0.4) is 0 Å². The van der Waals surface area contributed by atoms with E-state index >= 15 is 0 Å². The molecule has 0 heterocycles. The molecule has 0 aliphatic carbocycles. The summed E-state index contributed by atoms with van der Waals surface area (Å²) < 4.78 is 22.5. The third kappa shape index (κ3) is 4.09. The van der Waals surface area contributed by atoms with Crippen LogP contribution in [0.1, 0.15) is 33.1 Å². The van der Waals surface area contributed by atoms with Gasteiger partial charge in [0.25, 0.3) is 0 Å². The highest BCUT2D eigenvalue weighted by atomic mass is 32.2. The molecule has 1 atom stereocenters. The summed E-state index contributed by atoms with van der Waals surface area (Å²) in [5.41, 5.74) is 4.50. The molecular weight excluding hydrogens is 230 g/mol. The van der Waals surface area contributed by atoms with Crippen molar-refractivity contribution >= 4 is 15.8 Å². The van der Waals surface area contributed by atoms with E-state index in [1.54, 1.807) is 13.8 Å². The van der Waals surface area contributed by atoms with Gasteiger partial charge in [-0.15, -0.1) is 0 Å². The molecule has 96 valence electrons. The maximum absolute atomic E-state index is 11.3. The molecule has 6 heteroatoms. The lowest BCUT2D eigenvalue weighted by Gasteiger charge is -2.26. The summed E-state index contributed by atoms with van der Waals surface area (Å²) in [4.78, 5) is 11.1. The monoisotopic (exact) mass is 251 g/mol. The van der Waals surface area contributed by atoms with Crippen LogP contribution >= 0.6 is 0 Å². The molecule has 0 spiro atoms. The fourth-order valence-corrected chi connectivity index (χ4v) is 2.42. The quantitative estimate of drug-likeness (QED) is 0.659. The molecular formula is C10H21NO4S. The van der Waals surface area contributed by atoms with Gasteiger partial charge in [0, 0.05) is 12.3 Å². The van der Waals surface area contributed by atoms with Gasteiger partial charge >= 0.3 is 5.97 Å². The average Bonchev–Trinajstić information content (AvgIpc) is 2.24. The van der Waals surface area contributed by atoms with Gasteiger partial charge in [0.05, 0.1) is 11.2 Å². The van der Waals surface area contributed by atoms with Crippen molar-refractivity contribution < 1.29 is 18.3 Å². The first-order valence-corrected chi connectivity index (χ1v) is 7.29. The van der Waals surface area contributed by atoms with Crippen molar-refractivity contribution in [2.24, 2.45) is 11.1 Å². The number of carboxylic acids is 1. The maximum Gasteiger partial charge on any atom is 0.310 e. The van der Waals surface area contributed by atoms with Crippen LogP contribution in [-0.2, 0) is 14.6 Å². The van der Waals surface area contributed by atoms with E-state index in [9.17, 15) is 13.2 Å². The Kier molecular flexibility index (Phi) is 5.96. The average molecular weight is 251 g/mol. The molecule has 1 unspecified atom stereocenters. The number of sulfone groups is 1. The Morgan fingerprint density at radius 1 is 1.38 bits per heavy atom. The molecule has 0 amide bonds. The first kappa shape index (κ1) is 15.4. The molecule has 16 heavy (non-hydrogen) atoms. The van der Waals surface area contributed by atoms with Gasteiger partial charge in [-0.05, 0) is 19.3 Å². The summed E-state index contributed by atoms with van der Waals surface area (Å²) in [5, 5.41) is 9.08. The molecule has 3 N–H and O–H groups in total. The lowest BCUT2D eigenvalue weighted by Crippen LogP contribution is -2.38. The van der Waals surface area contributed by atoms with Gasteiger partial charge < -0.3 is 10.8 Å².